The standard InChI is InChI=1S/C20H23N5O2S/c26-19(18-10-24(13-21-18)9-14-11-27-12-14)22-15-5-7-25(8-6-15)20-16-3-1-2-4-17(16)23-28-20/h1-4,10,13-15H,5-9,11-12H2,(H,22,26). The zero-order valence-corrected chi connectivity index (χ0v) is 16.4. The van der Waals surface area contributed by atoms with E-state index < -0.39 is 0 Å². The van der Waals surface area contributed by atoms with Crippen LogP contribution in [0.5, 0.6) is 0 Å². The lowest BCUT2D eigenvalue weighted by atomic mass is 10.0. The van der Waals surface area contributed by atoms with Crippen LogP contribution in [0.25, 0.3) is 10.9 Å². The number of aromatic nitrogens is 3. The smallest absolute Gasteiger partial charge is 0.271 e. The predicted molar refractivity (Wildman–Crippen MR) is 109 cm³/mol. The second-order valence-corrected chi connectivity index (χ2v) is 8.35. The molecular weight excluding hydrogens is 374 g/mol. The molecule has 1 N–H and O–H groups in total. The second-order valence-electron chi connectivity index (χ2n) is 7.60. The minimum absolute atomic E-state index is 0.0784. The number of imidazole rings is 1. The van der Waals surface area contributed by atoms with Crippen LogP contribution in [0.4, 0.5) is 5.00 Å². The summed E-state index contributed by atoms with van der Waals surface area (Å²) in [5.41, 5.74) is 1.55. The van der Waals surface area contributed by atoms with E-state index >= 15 is 0 Å². The first-order valence-corrected chi connectivity index (χ1v) is 10.5. The third-order valence-electron chi connectivity index (χ3n) is 5.52. The van der Waals surface area contributed by atoms with Crippen LogP contribution < -0.4 is 10.2 Å². The number of amides is 1. The molecule has 2 saturated heterocycles. The molecule has 2 aliphatic rings. The zero-order chi connectivity index (χ0) is 18.9. The van der Waals surface area contributed by atoms with E-state index in [4.69, 9.17) is 4.74 Å². The lowest BCUT2D eigenvalue weighted by molar-refractivity contribution is -0.0394. The average Bonchev–Trinajstić information content (AvgIpc) is 3.33. The normalized spacial score (nSPS) is 18.4. The molecule has 8 heteroatoms. The van der Waals surface area contributed by atoms with Crippen LogP contribution in [-0.4, -0.2) is 52.2 Å². The summed E-state index contributed by atoms with van der Waals surface area (Å²) < 4.78 is 11.7. The Labute approximate surface area is 167 Å². The molecule has 146 valence electrons. The molecule has 5 rings (SSSR count). The molecule has 2 aromatic heterocycles. The minimum Gasteiger partial charge on any atom is -0.381 e. The molecule has 0 radical (unpaired) electrons. The van der Waals surface area contributed by atoms with Gasteiger partial charge >= 0.3 is 0 Å². The number of carbonyl (C=O) groups is 1. The van der Waals surface area contributed by atoms with Crippen LogP contribution in [0.3, 0.4) is 0 Å². The minimum atomic E-state index is -0.0784. The van der Waals surface area contributed by atoms with Gasteiger partial charge in [0.15, 0.2) is 0 Å². The van der Waals surface area contributed by atoms with Crippen LogP contribution in [-0.2, 0) is 11.3 Å². The maximum atomic E-state index is 12.5. The van der Waals surface area contributed by atoms with E-state index in [1.165, 1.54) is 10.4 Å². The fourth-order valence-electron chi connectivity index (χ4n) is 3.86. The summed E-state index contributed by atoms with van der Waals surface area (Å²) in [4.78, 5) is 19.2. The first-order valence-electron chi connectivity index (χ1n) is 9.76. The fraction of sp³-hybridized carbons (Fsp3) is 0.450. The molecule has 0 aliphatic carbocycles. The molecule has 1 amide bonds. The third kappa shape index (κ3) is 3.49. The van der Waals surface area contributed by atoms with Crippen LogP contribution in [0.15, 0.2) is 36.8 Å². The van der Waals surface area contributed by atoms with Crippen molar-refractivity contribution < 1.29 is 9.53 Å². The van der Waals surface area contributed by atoms with E-state index in [9.17, 15) is 4.79 Å². The molecule has 0 saturated carbocycles. The summed E-state index contributed by atoms with van der Waals surface area (Å²) in [7, 11) is 0. The lowest BCUT2D eigenvalue weighted by Crippen LogP contribution is -2.44. The van der Waals surface area contributed by atoms with Gasteiger partial charge in [-0.15, -0.1) is 0 Å². The molecule has 0 unspecified atom stereocenters. The van der Waals surface area contributed by atoms with Crippen molar-refractivity contribution in [3.63, 3.8) is 0 Å². The highest BCUT2D eigenvalue weighted by molar-refractivity contribution is 7.11. The fourth-order valence-corrected chi connectivity index (χ4v) is 4.77. The summed E-state index contributed by atoms with van der Waals surface area (Å²) in [6.07, 6.45) is 5.44. The Hall–Kier alpha value is -2.45. The van der Waals surface area contributed by atoms with Gasteiger partial charge in [0, 0.05) is 43.2 Å². The molecule has 28 heavy (non-hydrogen) atoms. The van der Waals surface area contributed by atoms with Gasteiger partial charge in [0.2, 0.25) is 0 Å². The third-order valence-corrected chi connectivity index (χ3v) is 6.46. The summed E-state index contributed by atoms with van der Waals surface area (Å²) in [5, 5.41) is 5.61. The molecule has 1 aromatic carbocycles. The summed E-state index contributed by atoms with van der Waals surface area (Å²) in [5.74, 6) is 0.461. The SMILES string of the molecule is O=C(NC1CCN(c2snc3ccccc23)CC1)c1cn(CC2COC2)cn1. The van der Waals surface area contributed by atoms with Gasteiger partial charge in [0.1, 0.15) is 10.7 Å². The first-order chi connectivity index (χ1) is 13.8. The van der Waals surface area contributed by atoms with Gasteiger partial charge in [-0.2, -0.15) is 4.37 Å². The molecule has 7 nitrogen and oxygen atoms in total. The molecule has 2 fully saturated rings. The van der Waals surface area contributed by atoms with Crippen molar-refractivity contribution in [3.05, 3.63) is 42.5 Å². The predicted octanol–water partition coefficient (Wildman–Crippen LogP) is 2.54. The highest BCUT2D eigenvalue weighted by atomic mass is 32.1. The Morgan fingerprint density at radius 2 is 2.07 bits per heavy atom. The number of anilines is 1. The van der Waals surface area contributed by atoms with Gasteiger partial charge in [-0.1, -0.05) is 12.1 Å². The van der Waals surface area contributed by atoms with Gasteiger partial charge in [-0.05, 0) is 36.5 Å². The maximum Gasteiger partial charge on any atom is 0.271 e. The highest BCUT2D eigenvalue weighted by Gasteiger charge is 2.24. The van der Waals surface area contributed by atoms with Crippen LogP contribution >= 0.6 is 11.5 Å². The number of ether oxygens (including phenoxy) is 1. The number of benzene rings is 1. The van der Waals surface area contributed by atoms with Crippen molar-refractivity contribution in [3.8, 4) is 0 Å². The maximum absolute atomic E-state index is 12.5. The van der Waals surface area contributed by atoms with E-state index in [0.717, 1.165) is 51.2 Å². The Balaban J connectivity index is 1.16. The average molecular weight is 398 g/mol. The first kappa shape index (κ1) is 17.6. The number of nitrogens with one attached hydrogen (secondary N) is 1. The molecule has 0 atom stereocenters. The second kappa shape index (κ2) is 7.52. The van der Waals surface area contributed by atoms with E-state index in [1.807, 2.05) is 16.8 Å². The topological polar surface area (TPSA) is 72.3 Å². The summed E-state index contributed by atoms with van der Waals surface area (Å²) in [6, 6.07) is 8.46. The number of carbonyl (C=O) groups excluding carboxylic acids is 1. The number of nitrogens with zero attached hydrogens (tertiary/aromatic N) is 4. The Bertz CT molecular complexity index is 972. The summed E-state index contributed by atoms with van der Waals surface area (Å²) in [6.45, 7) is 4.31. The van der Waals surface area contributed by atoms with E-state index in [1.54, 1.807) is 17.9 Å². The molecule has 0 spiro atoms. The van der Waals surface area contributed by atoms with Crippen molar-refractivity contribution in [2.75, 3.05) is 31.2 Å². The van der Waals surface area contributed by atoms with E-state index in [2.05, 4.69) is 37.8 Å². The van der Waals surface area contributed by atoms with Gasteiger partial charge < -0.3 is 19.5 Å². The molecule has 3 aromatic rings. The van der Waals surface area contributed by atoms with Gasteiger partial charge in [-0.3, -0.25) is 4.79 Å². The van der Waals surface area contributed by atoms with Crippen molar-refractivity contribution in [2.24, 2.45) is 5.92 Å². The largest absolute Gasteiger partial charge is 0.381 e. The van der Waals surface area contributed by atoms with Crippen molar-refractivity contribution in [1.29, 1.82) is 0 Å². The molecule has 4 heterocycles. The van der Waals surface area contributed by atoms with Crippen LogP contribution in [0, 0.1) is 5.92 Å². The molecule has 0 bridgehead atoms. The number of rotatable bonds is 5. The highest BCUT2D eigenvalue weighted by Crippen LogP contribution is 2.32. The van der Waals surface area contributed by atoms with Gasteiger partial charge in [-0.25, -0.2) is 4.98 Å². The van der Waals surface area contributed by atoms with E-state index in [-0.39, 0.29) is 11.9 Å². The molecular formula is C20H23N5O2S. The van der Waals surface area contributed by atoms with Gasteiger partial charge in [0.05, 0.1) is 25.1 Å². The van der Waals surface area contributed by atoms with E-state index in [0.29, 0.717) is 11.6 Å². The molecule has 2 aliphatic heterocycles. The van der Waals surface area contributed by atoms with Crippen molar-refractivity contribution in [2.45, 2.75) is 25.4 Å². The number of hydrogen-bond acceptors (Lipinski definition) is 6. The number of hydrogen-bond donors (Lipinski definition) is 1. The quantitative estimate of drug-likeness (QED) is 0.716. The van der Waals surface area contributed by atoms with Gasteiger partial charge in [0.25, 0.3) is 5.91 Å². The summed E-state index contributed by atoms with van der Waals surface area (Å²) >= 11 is 1.56. The lowest BCUT2D eigenvalue weighted by Gasteiger charge is -2.32. The number of fused-ring (bicyclic) bond motifs is 1. The Morgan fingerprint density at radius 3 is 2.86 bits per heavy atom. The van der Waals surface area contributed by atoms with Crippen LogP contribution in [0.2, 0.25) is 0 Å². The monoisotopic (exact) mass is 397 g/mol. The number of piperidine rings is 1. The Kier molecular flexibility index (Phi) is 4.74. The Morgan fingerprint density at radius 1 is 1.25 bits per heavy atom. The zero-order valence-electron chi connectivity index (χ0n) is 15.6. The van der Waals surface area contributed by atoms with Crippen molar-refractivity contribution in [1.82, 2.24) is 19.2 Å². The van der Waals surface area contributed by atoms with Crippen LogP contribution in [0.1, 0.15) is 23.3 Å². The van der Waals surface area contributed by atoms with Crippen molar-refractivity contribution >= 4 is 33.3 Å².